The fourth-order valence-corrected chi connectivity index (χ4v) is 4.96. The van der Waals surface area contributed by atoms with Gasteiger partial charge in [0.25, 0.3) is 5.56 Å². The van der Waals surface area contributed by atoms with Crippen molar-refractivity contribution in [2.75, 3.05) is 11.9 Å². The van der Waals surface area contributed by atoms with E-state index in [-0.39, 0.29) is 28.8 Å². The van der Waals surface area contributed by atoms with Gasteiger partial charge in [-0.1, -0.05) is 5.16 Å². The topological polar surface area (TPSA) is 125 Å². The maximum atomic E-state index is 13.0. The van der Waals surface area contributed by atoms with Crippen LogP contribution in [-0.2, 0) is 18.9 Å². The number of oxime groups is 1. The molecule has 0 saturated heterocycles. The molecule has 0 atom stereocenters. The molecule has 0 radical (unpaired) electrons. The summed E-state index contributed by atoms with van der Waals surface area (Å²) in [6, 6.07) is 9.49. The number of aryl methyl sites for hydroxylation is 2. The van der Waals surface area contributed by atoms with Gasteiger partial charge in [0.1, 0.15) is 40.2 Å². The van der Waals surface area contributed by atoms with Crippen molar-refractivity contribution in [1.29, 1.82) is 10.5 Å². The minimum atomic E-state index is -0.412. The Morgan fingerprint density at radius 2 is 1.84 bits per heavy atom. The predicted octanol–water partition coefficient (Wildman–Crippen LogP) is 3.62. The van der Waals surface area contributed by atoms with E-state index in [1.54, 1.807) is 25.4 Å². The fraction of sp³-hybridized carbons (Fsp3) is 0.481. The van der Waals surface area contributed by atoms with Crippen LogP contribution in [0.5, 0.6) is 0 Å². The summed E-state index contributed by atoms with van der Waals surface area (Å²) in [5.41, 5.74) is 2.86. The Morgan fingerprint density at radius 1 is 1.14 bits per heavy atom. The monoisotopic (exact) mass is 500 g/mol. The Kier molecular flexibility index (Phi) is 7.04. The number of pyridine rings is 2. The van der Waals surface area contributed by atoms with E-state index in [1.165, 1.54) is 4.57 Å². The first-order chi connectivity index (χ1) is 17.6. The molecule has 0 spiro atoms. The highest BCUT2D eigenvalue weighted by atomic mass is 16.6. The lowest BCUT2D eigenvalue weighted by atomic mass is 9.81. The summed E-state index contributed by atoms with van der Waals surface area (Å²) in [6.45, 7) is 5.91. The maximum absolute atomic E-state index is 13.0. The van der Waals surface area contributed by atoms with Gasteiger partial charge in [-0.15, -0.1) is 0 Å². The van der Waals surface area contributed by atoms with Gasteiger partial charge >= 0.3 is 0 Å². The van der Waals surface area contributed by atoms with Gasteiger partial charge in [-0.05, 0) is 64.7 Å². The number of hydrogen-bond acceptors (Lipinski definition) is 8. The lowest BCUT2D eigenvalue weighted by Gasteiger charge is -2.37. The quantitative estimate of drug-likeness (QED) is 0.387. The van der Waals surface area contributed by atoms with Gasteiger partial charge < -0.3 is 14.3 Å². The molecule has 3 aromatic rings. The summed E-state index contributed by atoms with van der Waals surface area (Å²) in [5, 5.41) is 28.2. The van der Waals surface area contributed by atoms with Crippen molar-refractivity contribution in [2.24, 2.45) is 25.2 Å². The van der Waals surface area contributed by atoms with Gasteiger partial charge in [0.2, 0.25) is 0 Å². The van der Waals surface area contributed by atoms with Gasteiger partial charge in [-0.3, -0.25) is 9.48 Å². The third kappa shape index (κ3) is 5.05. The van der Waals surface area contributed by atoms with Crippen molar-refractivity contribution in [3.8, 4) is 12.1 Å². The van der Waals surface area contributed by atoms with Gasteiger partial charge in [-0.2, -0.15) is 15.6 Å². The van der Waals surface area contributed by atoms with Crippen molar-refractivity contribution >= 4 is 22.4 Å². The highest BCUT2D eigenvalue weighted by molar-refractivity contribution is 6.00. The zero-order chi connectivity index (χ0) is 26.9. The van der Waals surface area contributed by atoms with Gasteiger partial charge in [0.15, 0.2) is 0 Å². The van der Waals surface area contributed by atoms with Crippen LogP contribution < -0.4 is 10.5 Å². The van der Waals surface area contributed by atoms with E-state index in [1.807, 2.05) is 50.5 Å². The van der Waals surface area contributed by atoms with Gasteiger partial charge in [-0.25, -0.2) is 4.98 Å². The molecule has 0 aromatic carbocycles. The van der Waals surface area contributed by atoms with E-state index < -0.39 is 5.60 Å². The molecule has 1 aliphatic rings. The normalized spacial score (nSPS) is 18.3. The SMILES string of the molecule is CN(c1c(C#N)c(=O)n(C)c2ccc(C#N)nc12)C1CCC(/C(=N\OC(C)(C)C)c2ccnn2C)CC1. The van der Waals surface area contributed by atoms with Crippen LogP contribution >= 0.6 is 0 Å². The van der Waals surface area contributed by atoms with Crippen LogP contribution in [0.2, 0.25) is 0 Å². The molecule has 4 rings (SSSR count). The van der Waals surface area contributed by atoms with E-state index in [0.717, 1.165) is 37.1 Å². The molecule has 0 bridgehead atoms. The standard InChI is InChI=1S/C27H32N8O2/c1-27(2,3)37-32-23(22-13-14-30-35(22)6)17-7-10-19(11-8-17)33(4)25-20(16-29)26(36)34(5)21-12-9-18(15-28)31-24(21)25/h9,12-14,17,19H,7-8,10-11H2,1-6H3/b32-23+. The van der Waals surface area contributed by atoms with Crippen molar-refractivity contribution in [3.63, 3.8) is 0 Å². The Labute approximate surface area is 216 Å². The molecule has 0 unspecified atom stereocenters. The average molecular weight is 501 g/mol. The summed E-state index contributed by atoms with van der Waals surface area (Å²) in [4.78, 5) is 25.3. The Morgan fingerprint density at radius 3 is 2.41 bits per heavy atom. The lowest BCUT2D eigenvalue weighted by Crippen LogP contribution is -2.39. The van der Waals surface area contributed by atoms with Crippen molar-refractivity contribution in [3.05, 3.63) is 51.7 Å². The molecule has 0 N–H and O–H groups in total. The molecule has 37 heavy (non-hydrogen) atoms. The van der Waals surface area contributed by atoms with Crippen LogP contribution in [0, 0.1) is 28.6 Å². The summed E-state index contributed by atoms with van der Waals surface area (Å²) >= 11 is 0. The van der Waals surface area contributed by atoms with Crippen LogP contribution in [0.25, 0.3) is 11.0 Å². The summed E-state index contributed by atoms with van der Waals surface area (Å²) in [6.07, 6.45) is 5.12. The Hall–Kier alpha value is -4.18. The van der Waals surface area contributed by atoms with E-state index in [9.17, 15) is 15.3 Å². The van der Waals surface area contributed by atoms with Gasteiger partial charge in [0.05, 0.1) is 16.9 Å². The first-order valence-corrected chi connectivity index (χ1v) is 12.4. The zero-order valence-corrected chi connectivity index (χ0v) is 22.2. The summed E-state index contributed by atoms with van der Waals surface area (Å²) in [7, 11) is 5.42. The maximum Gasteiger partial charge on any atom is 0.270 e. The molecule has 1 saturated carbocycles. The van der Waals surface area contributed by atoms with Crippen LogP contribution in [0.4, 0.5) is 5.69 Å². The van der Waals surface area contributed by atoms with Crippen LogP contribution in [0.15, 0.2) is 34.3 Å². The van der Waals surface area contributed by atoms with E-state index in [2.05, 4.69) is 27.4 Å². The Bertz CT molecular complexity index is 1490. The first-order valence-electron chi connectivity index (χ1n) is 12.4. The lowest BCUT2D eigenvalue weighted by molar-refractivity contribution is -0.000113. The number of anilines is 1. The Balaban J connectivity index is 1.66. The highest BCUT2D eigenvalue weighted by Crippen LogP contribution is 2.35. The zero-order valence-electron chi connectivity index (χ0n) is 22.2. The highest BCUT2D eigenvalue weighted by Gasteiger charge is 2.32. The summed E-state index contributed by atoms with van der Waals surface area (Å²) < 4.78 is 3.23. The molecule has 10 nitrogen and oxygen atoms in total. The average Bonchev–Trinajstić information content (AvgIpc) is 3.30. The molecule has 0 aliphatic heterocycles. The minimum Gasteiger partial charge on any atom is -0.390 e. The second-order valence-corrected chi connectivity index (χ2v) is 10.5. The van der Waals surface area contributed by atoms with Crippen molar-refractivity contribution in [1.82, 2.24) is 19.3 Å². The number of fused-ring (bicyclic) bond motifs is 1. The van der Waals surface area contributed by atoms with E-state index in [0.29, 0.717) is 16.7 Å². The largest absolute Gasteiger partial charge is 0.390 e. The molecule has 10 heteroatoms. The van der Waals surface area contributed by atoms with Crippen molar-refractivity contribution < 1.29 is 4.84 Å². The number of aromatic nitrogens is 4. The van der Waals surface area contributed by atoms with Crippen molar-refractivity contribution in [2.45, 2.75) is 58.1 Å². The smallest absolute Gasteiger partial charge is 0.270 e. The molecular weight excluding hydrogens is 468 g/mol. The number of rotatable bonds is 5. The van der Waals surface area contributed by atoms with E-state index in [4.69, 9.17) is 4.84 Å². The molecular formula is C27H32N8O2. The van der Waals surface area contributed by atoms with Gasteiger partial charge in [0, 0.05) is 39.3 Å². The van der Waals surface area contributed by atoms with Crippen LogP contribution in [-0.4, -0.2) is 43.7 Å². The fourth-order valence-electron chi connectivity index (χ4n) is 4.96. The molecule has 3 aromatic heterocycles. The number of nitrogens with zero attached hydrogens (tertiary/aromatic N) is 8. The second-order valence-electron chi connectivity index (χ2n) is 10.5. The number of hydrogen-bond donors (Lipinski definition) is 0. The molecule has 0 amide bonds. The first kappa shape index (κ1) is 25.9. The molecule has 1 fully saturated rings. The second kappa shape index (κ2) is 10.1. The molecule has 3 heterocycles. The number of nitriles is 2. The molecule has 192 valence electrons. The van der Waals surface area contributed by atoms with Crippen LogP contribution in [0.1, 0.15) is 63.4 Å². The third-order valence-electron chi connectivity index (χ3n) is 6.93. The van der Waals surface area contributed by atoms with Crippen LogP contribution in [0.3, 0.4) is 0 Å². The minimum absolute atomic E-state index is 0.0397. The summed E-state index contributed by atoms with van der Waals surface area (Å²) in [5.74, 6) is 0.182. The molecule has 1 aliphatic carbocycles. The third-order valence-corrected chi connectivity index (χ3v) is 6.93. The van der Waals surface area contributed by atoms with E-state index >= 15 is 0 Å². The predicted molar refractivity (Wildman–Crippen MR) is 141 cm³/mol.